The smallest absolute Gasteiger partial charge is 0.251 e. The number of benzene rings is 1. The van der Waals surface area contributed by atoms with Crippen molar-refractivity contribution in [3.8, 4) is 5.75 Å². The van der Waals surface area contributed by atoms with Gasteiger partial charge in [0, 0.05) is 44.0 Å². The van der Waals surface area contributed by atoms with Gasteiger partial charge in [-0.1, -0.05) is 6.07 Å². The molecule has 2 fully saturated rings. The monoisotopic (exact) mass is 395 g/mol. The summed E-state index contributed by atoms with van der Waals surface area (Å²) in [6.07, 6.45) is 6.11. The Hall–Kier alpha value is -2.44. The number of piperidine rings is 1. The SMILES string of the molecule is O=C(NC1CCN(Cc2ccccn2)CC1)c1ccc(OCC2CCCO2)cc1. The van der Waals surface area contributed by atoms with Crippen LogP contribution in [0.1, 0.15) is 41.7 Å². The highest BCUT2D eigenvalue weighted by Gasteiger charge is 2.21. The number of carbonyl (C=O) groups is 1. The maximum absolute atomic E-state index is 12.6. The molecule has 1 unspecified atom stereocenters. The number of carbonyl (C=O) groups excluding carboxylic acids is 1. The summed E-state index contributed by atoms with van der Waals surface area (Å²) < 4.78 is 11.3. The average Bonchev–Trinajstić information content (AvgIpc) is 3.28. The van der Waals surface area contributed by atoms with Crippen LogP contribution < -0.4 is 10.1 Å². The van der Waals surface area contributed by atoms with Crippen LogP contribution in [0.25, 0.3) is 0 Å². The fraction of sp³-hybridized carbons (Fsp3) is 0.478. The number of hydrogen-bond acceptors (Lipinski definition) is 5. The molecule has 29 heavy (non-hydrogen) atoms. The maximum Gasteiger partial charge on any atom is 0.251 e. The van der Waals surface area contributed by atoms with Crippen molar-refractivity contribution in [2.45, 2.75) is 44.4 Å². The molecule has 6 nitrogen and oxygen atoms in total. The van der Waals surface area contributed by atoms with E-state index in [0.29, 0.717) is 12.2 Å². The van der Waals surface area contributed by atoms with Crippen molar-refractivity contribution in [1.82, 2.24) is 15.2 Å². The van der Waals surface area contributed by atoms with Crippen molar-refractivity contribution in [2.75, 3.05) is 26.3 Å². The molecule has 0 spiro atoms. The highest BCUT2D eigenvalue weighted by Crippen LogP contribution is 2.18. The molecule has 2 aliphatic heterocycles. The van der Waals surface area contributed by atoms with E-state index in [4.69, 9.17) is 9.47 Å². The Bertz CT molecular complexity index is 768. The third-order valence-electron chi connectivity index (χ3n) is 5.61. The molecule has 4 rings (SSSR count). The Morgan fingerprint density at radius 1 is 1.14 bits per heavy atom. The van der Waals surface area contributed by atoms with E-state index in [2.05, 4.69) is 21.3 Å². The summed E-state index contributed by atoms with van der Waals surface area (Å²) in [7, 11) is 0. The lowest BCUT2D eigenvalue weighted by Gasteiger charge is -2.32. The second-order valence-corrected chi connectivity index (χ2v) is 7.82. The molecule has 2 aliphatic rings. The van der Waals surface area contributed by atoms with Crippen molar-refractivity contribution in [1.29, 1.82) is 0 Å². The van der Waals surface area contributed by atoms with E-state index in [1.165, 1.54) is 0 Å². The first-order valence-electron chi connectivity index (χ1n) is 10.5. The van der Waals surface area contributed by atoms with E-state index in [-0.39, 0.29) is 18.1 Å². The molecule has 0 saturated carbocycles. The van der Waals surface area contributed by atoms with Crippen LogP contribution in [0.15, 0.2) is 48.7 Å². The number of likely N-dealkylation sites (tertiary alicyclic amines) is 1. The minimum Gasteiger partial charge on any atom is -0.491 e. The van der Waals surface area contributed by atoms with Gasteiger partial charge in [0.25, 0.3) is 5.91 Å². The Kier molecular flexibility index (Phi) is 6.75. The molecular formula is C23H29N3O3. The number of ether oxygens (including phenoxy) is 2. The first-order valence-corrected chi connectivity index (χ1v) is 10.5. The molecule has 3 heterocycles. The molecule has 1 aromatic carbocycles. The van der Waals surface area contributed by atoms with Gasteiger partial charge in [-0.25, -0.2) is 0 Å². The second-order valence-electron chi connectivity index (χ2n) is 7.82. The molecule has 154 valence electrons. The van der Waals surface area contributed by atoms with E-state index in [0.717, 1.165) is 63.4 Å². The van der Waals surface area contributed by atoms with Crippen LogP contribution in [0, 0.1) is 0 Å². The number of pyridine rings is 1. The van der Waals surface area contributed by atoms with E-state index in [1.54, 1.807) is 0 Å². The number of amides is 1. The molecule has 0 aliphatic carbocycles. The Labute approximate surface area is 172 Å². The molecule has 0 radical (unpaired) electrons. The molecule has 1 amide bonds. The zero-order valence-electron chi connectivity index (χ0n) is 16.8. The standard InChI is InChI=1S/C23H29N3O3/c27-23(18-6-8-21(9-7-18)29-17-22-5-3-15-28-22)25-19-10-13-26(14-11-19)16-20-4-1-2-12-24-20/h1-2,4,6-9,12,19,22H,3,5,10-11,13-17H2,(H,25,27). The van der Waals surface area contributed by atoms with Crippen molar-refractivity contribution in [2.24, 2.45) is 0 Å². The fourth-order valence-corrected chi connectivity index (χ4v) is 3.89. The minimum atomic E-state index is -0.0150. The van der Waals surface area contributed by atoms with Crippen LogP contribution in [0.4, 0.5) is 0 Å². The van der Waals surface area contributed by atoms with Gasteiger partial charge in [0.15, 0.2) is 0 Å². The number of nitrogens with zero attached hydrogens (tertiary/aromatic N) is 2. The quantitative estimate of drug-likeness (QED) is 0.781. The Morgan fingerprint density at radius 2 is 1.97 bits per heavy atom. The second kappa shape index (κ2) is 9.85. The van der Waals surface area contributed by atoms with Crippen molar-refractivity contribution >= 4 is 5.91 Å². The van der Waals surface area contributed by atoms with Crippen LogP contribution in [-0.4, -0.2) is 54.2 Å². The third-order valence-corrected chi connectivity index (χ3v) is 5.61. The lowest BCUT2D eigenvalue weighted by molar-refractivity contribution is 0.0679. The summed E-state index contributed by atoms with van der Waals surface area (Å²) >= 11 is 0. The van der Waals surface area contributed by atoms with E-state index >= 15 is 0 Å². The van der Waals surface area contributed by atoms with Gasteiger partial charge < -0.3 is 14.8 Å². The van der Waals surface area contributed by atoms with Crippen molar-refractivity contribution in [3.63, 3.8) is 0 Å². The van der Waals surface area contributed by atoms with Crippen LogP contribution in [0.5, 0.6) is 5.75 Å². The van der Waals surface area contributed by atoms with Crippen LogP contribution in [0.3, 0.4) is 0 Å². The van der Waals surface area contributed by atoms with Gasteiger partial charge in [0.2, 0.25) is 0 Å². The van der Waals surface area contributed by atoms with Gasteiger partial charge in [-0.05, 0) is 62.1 Å². The molecule has 6 heteroatoms. The van der Waals surface area contributed by atoms with Crippen molar-refractivity contribution in [3.05, 3.63) is 59.9 Å². The van der Waals surface area contributed by atoms with Gasteiger partial charge in [0.05, 0.1) is 11.8 Å². The number of nitrogens with one attached hydrogen (secondary N) is 1. The summed E-state index contributed by atoms with van der Waals surface area (Å²) in [5, 5.41) is 3.17. The van der Waals surface area contributed by atoms with Gasteiger partial charge in [-0.15, -0.1) is 0 Å². The summed E-state index contributed by atoms with van der Waals surface area (Å²) in [6, 6.07) is 13.6. The Morgan fingerprint density at radius 3 is 2.66 bits per heavy atom. The van der Waals surface area contributed by atoms with E-state index in [9.17, 15) is 4.79 Å². The highest BCUT2D eigenvalue weighted by atomic mass is 16.5. The summed E-state index contributed by atoms with van der Waals surface area (Å²) in [5.41, 5.74) is 1.77. The van der Waals surface area contributed by atoms with Gasteiger partial charge in [0.1, 0.15) is 12.4 Å². The van der Waals surface area contributed by atoms with Gasteiger partial charge in [-0.2, -0.15) is 0 Å². The fourth-order valence-electron chi connectivity index (χ4n) is 3.89. The largest absolute Gasteiger partial charge is 0.491 e. The minimum absolute atomic E-state index is 0.0150. The maximum atomic E-state index is 12.6. The normalized spacial score (nSPS) is 20.5. The first kappa shape index (κ1) is 19.9. The summed E-state index contributed by atoms with van der Waals surface area (Å²) in [5.74, 6) is 0.763. The molecule has 1 N–H and O–H groups in total. The van der Waals surface area contributed by atoms with Crippen LogP contribution in [0.2, 0.25) is 0 Å². The zero-order chi connectivity index (χ0) is 19.9. The molecule has 2 aromatic rings. The molecule has 2 saturated heterocycles. The average molecular weight is 396 g/mol. The topological polar surface area (TPSA) is 63.7 Å². The summed E-state index contributed by atoms with van der Waals surface area (Å²) in [6.45, 7) is 4.21. The first-order chi connectivity index (χ1) is 14.3. The highest BCUT2D eigenvalue weighted by molar-refractivity contribution is 5.94. The van der Waals surface area contributed by atoms with E-state index < -0.39 is 0 Å². The van der Waals surface area contributed by atoms with Crippen LogP contribution >= 0.6 is 0 Å². The third kappa shape index (κ3) is 5.78. The van der Waals surface area contributed by atoms with Crippen LogP contribution in [-0.2, 0) is 11.3 Å². The number of hydrogen-bond donors (Lipinski definition) is 1. The molecule has 1 atom stereocenters. The number of rotatable bonds is 7. The van der Waals surface area contributed by atoms with Gasteiger partial charge in [-0.3, -0.25) is 14.7 Å². The lowest BCUT2D eigenvalue weighted by atomic mass is 10.0. The zero-order valence-corrected chi connectivity index (χ0v) is 16.8. The molecule has 1 aromatic heterocycles. The van der Waals surface area contributed by atoms with E-state index in [1.807, 2.05) is 42.6 Å². The predicted molar refractivity (Wildman–Crippen MR) is 111 cm³/mol. The Balaban J connectivity index is 1.20. The molecule has 0 bridgehead atoms. The molecular weight excluding hydrogens is 366 g/mol. The predicted octanol–water partition coefficient (Wildman–Crippen LogP) is 3.03. The lowest BCUT2D eigenvalue weighted by Crippen LogP contribution is -2.44. The van der Waals surface area contributed by atoms with Crippen molar-refractivity contribution < 1.29 is 14.3 Å². The summed E-state index contributed by atoms with van der Waals surface area (Å²) in [4.78, 5) is 19.4. The number of aromatic nitrogens is 1. The van der Waals surface area contributed by atoms with Gasteiger partial charge >= 0.3 is 0 Å².